The molecule has 0 bridgehead atoms. The van der Waals surface area contributed by atoms with E-state index in [2.05, 4.69) is 23.5 Å². The molecule has 0 aromatic heterocycles. The Morgan fingerprint density at radius 1 is 1.13 bits per heavy atom. The third-order valence-corrected chi connectivity index (χ3v) is 7.41. The number of hydrogen-bond acceptors (Lipinski definition) is 4. The number of nitrogens with one attached hydrogen (secondary N) is 1. The molecule has 2 aliphatic rings. The zero-order valence-electron chi connectivity index (χ0n) is 17.2. The van der Waals surface area contributed by atoms with Gasteiger partial charge >= 0.3 is 0 Å². The number of amides is 1. The fourth-order valence-electron chi connectivity index (χ4n) is 4.28. The van der Waals surface area contributed by atoms with E-state index < -0.39 is 10.0 Å². The van der Waals surface area contributed by atoms with Gasteiger partial charge in [0.2, 0.25) is 5.91 Å². The van der Waals surface area contributed by atoms with Gasteiger partial charge in [-0.2, -0.15) is 0 Å². The number of halogens is 1. The Hall–Kier alpha value is -2.25. The molecule has 2 aliphatic heterocycles. The van der Waals surface area contributed by atoms with E-state index in [1.54, 1.807) is 36.4 Å². The maximum Gasteiger partial charge on any atom is 0.261 e. The topological polar surface area (TPSA) is 69.7 Å². The van der Waals surface area contributed by atoms with E-state index in [0.717, 1.165) is 37.2 Å². The largest absolute Gasteiger partial charge is 0.361 e. The summed E-state index contributed by atoms with van der Waals surface area (Å²) in [6, 6.07) is 11.8. The molecule has 2 aromatic carbocycles. The standard InChI is InChI=1S/C22H26ClN3O3S/c1-22(2)15-26(14-21(27)25-10-3-4-11-25)20-9-8-18(13-19(20)22)30(28,29)24-17-7-5-6-16(23)12-17/h5-9,12-13,24H,3-4,10-11,14-15H2,1-2H3. The molecule has 160 valence electrons. The summed E-state index contributed by atoms with van der Waals surface area (Å²) in [5.74, 6) is 0.135. The van der Waals surface area contributed by atoms with Crippen LogP contribution in [0.3, 0.4) is 0 Å². The predicted molar refractivity (Wildman–Crippen MR) is 120 cm³/mol. The minimum Gasteiger partial charge on any atom is -0.361 e. The number of hydrogen-bond donors (Lipinski definition) is 1. The van der Waals surface area contributed by atoms with Crippen LogP contribution >= 0.6 is 11.6 Å². The average molecular weight is 448 g/mol. The summed E-state index contributed by atoms with van der Waals surface area (Å²) in [5.41, 5.74) is 2.02. The molecule has 6 nitrogen and oxygen atoms in total. The second-order valence-electron chi connectivity index (χ2n) is 8.62. The smallest absolute Gasteiger partial charge is 0.261 e. The van der Waals surface area contributed by atoms with Crippen LogP contribution in [0.15, 0.2) is 47.4 Å². The fourth-order valence-corrected chi connectivity index (χ4v) is 5.55. The Balaban J connectivity index is 1.59. The number of fused-ring (bicyclic) bond motifs is 1. The molecule has 0 atom stereocenters. The van der Waals surface area contributed by atoms with Crippen molar-refractivity contribution in [1.29, 1.82) is 0 Å². The van der Waals surface area contributed by atoms with Crippen LogP contribution in [-0.2, 0) is 20.2 Å². The summed E-state index contributed by atoms with van der Waals surface area (Å²) in [6.07, 6.45) is 2.13. The maximum atomic E-state index is 12.9. The number of anilines is 2. The minimum atomic E-state index is -3.76. The van der Waals surface area contributed by atoms with Gasteiger partial charge in [-0.3, -0.25) is 9.52 Å². The highest BCUT2D eigenvalue weighted by atomic mass is 35.5. The minimum absolute atomic E-state index is 0.135. The highest BCUT2D eigenvalue weighted by molar-refractivity contribution is 7.92. The molecule has 0 radical (unpaired) electrons. The average Bonchev–Trinajstić information content (AvgIpc) is 3.28. The van der Waals surface area contributed by atoms with Gasteiger partial charge in [0.25, 0.3) is 10.0 Å². The summed E-state index contributed by atoms with van der Waals surface area (Å²) in [4.78, 5) is 16.8. The van der Waals surface area contributed by atoms with Gasteiger partial charge in [-0.1, -0.05) is 31.5 Å². The van der Waals surface area contributed by atoms with Crippen LogP contribution in [0, 0.1) is 0 Å². The molecule has 30 heavy (non-hydrogen) atoms. The van der Waals surface area contributed by atoms with Gasteiger partial charge in [-0.15, -0.1) is 0 Å². The van der Waals surface area contributed by atoms with Crippen LogP contribution in [0.25, 0.3) is 0 Å². The molecule has 4 rings (SSSR count). The van der Waals surface area contributed by atoms with Gasteiger partial charge in [0.05, 0.1) is 17.1 Å². The zero-order chi connectivity index (χ0) is 21.5. The molecule has 0 aliphatic carbocycles. The molecule has 1 N–H and O–H groups in total. The number of likely N-dealkylation sites (tertiary alicyclic amines) is 1. The molecule has 0 spiro atoms. The molecule has 2 heterocycles. The molecule has 1 fully saturated rings. The Labute approximate surface area is 182 Å². The van der Waals surface area contributed by atoms with Crippen molar-refractivity contribution in [2.45, 2.75) is 37.0 Å². The zero-order valence-corrected chi connectivity index (χ0v) is 18.8. The van der Waals surface area contributed by atoms with E-state index in [0.29, 0.717) is 23.8 Å². The first-order chi connectivity index (χ1) is 14.2. The van der Waals surface area contributed by atoms with Crippen molar-refractivity contribution >= 4 is 38.9 Å². The molecular formula is C22H26ClN3O3S. The van der Waals surface area contributed by atoms with E-state index in [9.17, 15) is 13.2 Å². The first kappa shape index (κ1) is 21.0. The number of sulfonamides is 1. The van der Waals surface area contributed by atoms with Crippen molar-refractivity contribution in [3.63, 3.8) is 0 Å². The Morgan fingerprint density at radius 3 is 2.57 bits per heavy atom. The van der Waals surface area contributed by atoms with Gasteiger partial charge in [-0.25, -0.2) is 8.42 Å². The van der Waals surface area contributed by atoms with Crippen LogP contribution in [0.5, 0.6) is 0 Å². The molecule has 0 saturated carbocycles. The van der Waals surface area contributed by atoms with E-state index >= 15 is 0 Å². The quantitative estimate of drug-likeness (QED) is 0.755. The number of rotatable bonds is 5. The SMILES string of the molecule is CC1(C)CN(CC(=O)N2CCCC2)c2ccc(S(=O)(=O)Nc3cccc(Cl)c3)cc21. The molecular weight excluding hydrogens is 422 g/mol. The van der Waals surface area contributed by atoms with Crippen molar-refractivity contribution in [3.8, 4) is 0 Å². The monoisotopic (exact) mass is 447 g/mol. The van der Waals surface area contributed by atoms with Gasteiger partial charge in [0.15, 0.2) is 0 Å². The summed E-state index contributed by atoms with van der Waals surface area (Å²) in [7, 11) is -3.76. The second kappa shape index (κ2) is 7.78. The first-order valence-electron chi connectivity index (χ1n) is 10.1. The molecule has 8 heteroatoms. The van der Waals surface area contributed by atoms with Crippen LogP contribution in [0.4, 0.5) is 11.4 Å². The summed E-state index contributed by atoms with van der Waals surface area (Å²) >= 11 is 5.97. The van der Waals surface area contributed by atoms with Crippen LogP contribution < -0.4 is 9.62 Å². The lowest BCUT2D eigenvalue weighted by Crippen LogP contribution is -2.40. The van der Waals surface area contributed by atoms with E-state index in [1.807, 2.05) is 11.0 Å². The van der Waals surface area contributed by atoms with Crippen LogP contribution in [0.1, 0.15) is 32.3 Å². The normalized spacial score (nSPS) is 17.8. The van der Waals surface area contributed by atoms with Crippen molar-refractivity contribution in [2.24, 2.45) is 0 Å². The third kappa shape index (κ3) is 4.14. The van der Waals surface area contributed by atoms with Gasteiger partial charge in [-0.05, 0) is 54.8 Å². The van der Waals surface area contributed by atoms with E-state index in [1.165, 1.54) is 0 Å². The lowest BCUT2D eigenvalue weighted by atomic mass is 9.87. The fraction of sp³-hybridized carbons (Fsp3) is 0.409. The highest BCUT2D eigenvalue weighted by Gasteiger charge is 2.37. The van der Waals surface area contributed by atoms with Gasteiger partial charge in [0.1, 0.15) is 0 Å². The lowest BCUT2D eigenvalue weighted by molar-refractivity contribution is -0.128. The van der Waals surface area contributed by atoms with Crippen molar-refractivity contribution in [2.75, 3.05) is 35.8 Å². The Kier molecular flexibility index (Phi) is 5.45. The van der Waals surface area contributed by atoms with E-state index in [-0.39, 0.29) is 16.2 Å². The van der Waals surface area contributed by atoms with Crippen molar-refractivity contribution in [3.05, 3.63) is 53.1 Å². The number of benzene rings is 2. The number of nitrogens with zero attached hydrogens (tertiary/aromatic N) is 2. The van der Waals surface area contributed by atoms with Crippen molar-refractivity contribution < 1.29 is 13.2 Å². The summed E-state index contributed by atoms with van der Waals surface area (Å²) in [5, 5.41) is 0.462. The number of carbonyl (C=O) groups excluding carboxylic acids is 1. The molecule has 2 aromatic rings. The lowest BCUT2D eigenvalue weighted by Gasteiger charge is -2.24. The first-order valence-corrected chi connectivity index (χ1v) is 12.0. The van der Waals surface area contributed by atoms with Gasteiger partial charge < -0.3 is 9.80 Å². The van der Waals surface area contributed by atoms with Crippen molar-refractivity contribution in [1.82, 2.24) is 4.90 Å². The van der Waals surface area contributed by atoms with Gasteiger partial charge in [0, 0.05) is 35.8 Å². The van der Waals surface area contributed by atoms with Crippen LogP contribution in [0.2, 0.25) is 5.02 Å². The highest BCUT2D eigenvalue weighted by Crippen LogP contribution is 2.41. The Bertz CT molecular complexity index is 1080. The predicted octanol–water partition coefficient (Wildman–Crippen LogP) is 3.86. The maximum absolute atomic E-state index is 12.9. The third-order valence-electron chi connectivity index (χ3n) is 5.80. The van der Waals surface area contributed by atoms with Crippen LogP contribution in [-0.4, -0.2) is 45.4 Å². The Morgan fingerprint density at radius 2 is 1.87 bits per heavy atom. The summed E-state index contributed by atoms with van der Waals surface area (Å²) in [6.45, 7) is 6.81. The summed E-state index contributed by atoms with van der Waals surface area (Å²) < 4.78 is 28.4. The van der Waals surface area contributed by atoms with E-state index in [4.69, 9.17) is 11.6 Å². The number of carbonyl (C=O) groups is 1. The molecule has 1 amide bonds. The molecule has 0 unspecified atom stereocenters. The molecule has 1 saturated heterocycles. The second-order valence-corrected chi connectivity index (χ2v) is 10.7.